The van der Waals surface area contributed by atoms with Gasteiger partial charge in [0, 0.05) is 12.8 Å². The number of carboxylic acid groups (broad SMARTS) is 4. The molecule has 10 nitrogen and oxygen atoms in total. The van der Waals surface area contributed by atoms with Gasteiger partial charge in [-0.1, -0.05) is 0 Å². The molecule has 0 amide bonds. The van der Waals surface area contributed by atoms with Crippen molar-refractivity contribution in [3.63, 3.8) is 0 Å². The van der Waals surface area contributed by atoms with E-state index in [9.17, 15) is 29.4 Å². The molecule has 2 aromatic heterocycles. The minimum Gasteiger partial charge on any atom is -0.481 e. The van der Waals surface area contributed by atoms with Crippen molar-refractivity contribution < 1.29 is 39.6 Å². The SMILES string of the molecule is Cc1c(C(=O)O)[nH]c(-c2[nH]c(C(=O)O)c(C)c2CCC(=O)O)c1CCC(=O)O. The Morgan fingerprint density at radius 3 is 1.25 bits per heavy atom. The summed E-state index contributed by atoms with van der Waals surface area (Å²) in [6.45, 7) is 3.07. The Morgan fingerprint density at radius 1 is 0.679 bits per heavy atom. The van der Waals surface area contributed by atoms with Gasteiger partial charge in [0.05, 0.1) is 11.4 Å². The molecule has 0 saturated heterocycles. The van der Waals surface area contributed by atoms with E-state index in [1.54, 1.807) is 0 Å². The number of carboxylic acids is 4. The van der Waals surface area contributed by atoms with Crippen LogP contribution in [0.25, 0.3) is 11.4 Å². The molecule has 0 aromatic carbocycles. The van der Waals surface area contributed by atoms with Gasteiger partial charge in [-0.2, -0.15) is 0 Å². The van der Waals surface area contributed by atoms with Gasteiger partial charge >= 0.3 is 23.9 Å². The minimum atomic E-state index is -1.24. The van der Waals surface area contributed by atoms with Crippen molar-refractivity contribution in [2.24, 2.45) is 0 Å². The number of aliphatic carboxylic acids is 2. The maximum atomic E-state index is 11.5. The summed E-state index contributed by atoms with van der Waals surface area (Å²) in [6.07, 6.45) is -0.445. The summed E-state index contributed by atoms with van der Waals surface area (Å²) in [5.74, 6) is -4.62. The topological polar surface area (TPSA) is 181 Å². The van der Waals surface area contributed by atoms with Gasteiger partial charge in [0.15, 0.2) is 0 Å². The quantitative estimate of drug-likeness (QED) is 0.375. The first kappa shape index (κ1) is 20.7. The average Bonchev–Trinajstić information content (AvgIpc) is 3.08. The van der Waals surface area contributed by atoms with E-state index < -0.39 is 23.9 Å². The summed E-state index contributed by atoms with van der Waals surface area (Å²) >= 11 is 0. The molecular weight excluding hydrogens is 372 g/mol. The van der Waals surface area contributed by atoms with Crippen molar-refractivity contribution in [2.45, 2.75) is 39.5 Å². The van der Waals surface area contributed by atoms with Crippen molar-refractivity contribution in [3.8, 4) is 11.4 Å². The van der Waals surface area contributed by atoms with Crippen LogP contribution in [0.15, 0.2) is 0 Å². The van der Waals surface area contributed by atoms with E-state index in [2.05, 4.69) is 9.97 Å². The third-order valence-electron chi connectivity index (χ3n) is 4.61. The van der Waals surface area contributed by atoms with E-state index in [1.165, 1.54) is 13.8 Å². The molecule has 0 radical (unpaired) electrons. The van der Waals surface area contributed by atoms with Gasteiger partial charge in [-0.05, 0) is 48.9 Å². The van der Waals surface area contributed by atoms with Crippen molar-refractivity contribution in [2.75, 3.05) is 0 Å². The molecule has 0 atom stereocenters. The number of aromatic amines is 2. The van der Waals surface area contributed by atoms with E-state index in [-0.39, 0.29) is 48.5 Å². The molecule has 150 valence electrons. The number of H-pyrrole nitrogens is 2. The van der Waals surface area contributed by atoms with Gasteiger partial charge in [0.25, 0.3) is 0 Å². The van der Waals surface area contributed by atoms with E-state index in [0.29, 0.717) is 22.3 Å². The normalized spacial score (nSPS) is 10.8. The van der Waals surface area contributed by atoms with E-state index in [4.69, 9.17) is 10.2 Å². The molecule has 6 N–H and O–H groups in total. The number of hydrogen-bond acceptors (Lipinski definition) is 4. The smallest absolute Gasteiger partial charge is 0.352 e. The number of carbonyl (C=O) groups is 4. The first-order valence-corrected chi connectivity index (χ1v) is 8.38. The van der Waals surface area contributed by atoms with Gasteiger partial charge in [-0.15, -0.1) is 0 Å². The Kier molecular flexibility index (Phi) is 5.92. The van der Waals surface area contributed by atoms with Crippen molar-refractivity contribution >= 4 is 23.9 Å². The van der Waals surface area contributed by atoms with Crippen molar-refractivity contribution in [3.05, 3.63) is 33.6 Å². The molecule has 0 unspecified atom stereocenters. The first-order chi connectivity index (χ1) is 13.0. The largest absolute Gasteiger partial charge is 0.481 e. The Bertz CT molecular complexity index is 889. The molecule has 0 bridgehead atoms. The second-order valence-corrected chi connectivity index (χ2v) is 6.35. The zero-order valence-electron chi connectivity index (χ0n) is 15.3. The first-order valence-electron chi connectivity index (χ1n) is 8.38. The van der Waals surface area contributed by atoms with Crippen LogP contribution < -0.4 is 0 Å². The van der Waals surface area contributed by atoms with Crippen molar-refractivity contribution in [1.82, 2.24) is 9.97 Å². The lowest BCUT2D eigenvalue weighted by Gasteiger charge is -2.07. The molecule has 0 aliphatic heterocycles. The van der Waals surface area contributed by atoms with Crippen LogP contribution in [0.4, 0.5) is 0 Å². The van der Waals surface area contributed by atoms with Crippen LogP contribution in [-0.2, 0) is 22.4 Å². The maximum Gasteiger partial charge on any atom is 0.352 e. The summed E-state index contributed by atoms with van der Waals surface area (Å²) in [4.78, 5) is 50.5. The number of rotatable bonds is 9. The Morgan fingerprint density at radius 2 is 1.00 bits per heavy atom. The highest BCUT2D eigenvalue weighted by Crippen LogP contribution is 2.34. The summed E-state index contributed by atoms with van der Waals surface area (Å²) in [7, 11) is 0. The van der Waals surface area contributed by atoms with Gasteiger partial charge < -0.3 is 30.4 Å². The molecule has 2 rings (SSSR count). The van der Waals surface area contributed by atoms with E-state index in [1.807, 2.05) is 0 Å². The van der Waals surface area contributed by atoms with Crippen LogP contribution in [0.2, 0.25) is 0 Å². The third-order valence-corrected chi connectivity index (χ3v) is 4.61. The van der Waals surface area contributed by atoms with Crippen LogP contribution in [0, 0.1) is 13.8 Å². The minimum absolute atomic E-state index is 0.0269. The third kappa shape index (κ3) is 4.05. The monoisotopic (exact) mass is 392 g/mol. The van der Waals surface area contributed by atoms with Crippen molar-refractivity contribution in [1.29, 1.82) is 0 Å². The van der Waals surface area contributed by atoms with Gasteiger partial charge in [-0.3, -0.25) is 9.59 Å². The summed E-state index contributed by atoms with van der Waals surface area (Å²) in [5.41, 5.74) is 1.78. The molecule has 0 aliphatic carbocycles. The Hall–Kier alpha value is -3.56. The van der Waals surface area contributed by atoms with Crippen LogP contribution >= 0.6 is 0 Å². The summed E-state index contributed by atoms with van der Waals surface area (Å²) < 4.78 is 0. The highest BCUT2D eigenvalue weighted by Gasteiger charge is 2.26. The lowest BCUT2D eigenvalue weighted by Crippen LogP contribution is -2.02. The molecular formula is C18H20N2O8. The van der Waals surface area contributed by atoms with E-state index >= 15 is 0 Å². The number of aromatic carboxylic acids is 2. The second kappa shape index (κ2) is 7.99. The van der Waals surface area contributed by atoms with Crippen LogP contribution in [-0.4, -0.2) is 54.3 Å². The predicted octanol–water partition coefficient (Wildman–Crippen LogP) is 2.06. The molecule has 0 fully saturated rings. The second-order valence-electron chi connectivity index (χ2n) is 6.35. The highest BCUT2D eigenvalue weighted by atomic mass is 16.4. The molecule has 2 aromatic rings. The van der Waals surface area contributed by atoms with Gasteiger partial charge in [0.1, 0.15) is 11.4 Å². The summed E-state index contributed by atoms with van der Waals surface area (Å²) in [5, 5.41) is 36.8. The zero-order valence-corrected chi connectivity index (χ0v) is 15.3. The Labute approximate surface area is 158 Å². The molecule has 28 heavy (non-hydrogen) atoms. The van der Waals surface area contributed by atoms with Crippen LogP contribution in [0.5, 0.6) is 0 Å². The molecule has 0 saturated carbocycles. The fourth-order valence-corrected chi connectivity index (χ4v) is 3.21. The highest BCUT2D eigenvalue weighted by molar-refractivity contribution is 5.92. The fourth-order valence-electron chi connectivity index (χ4n) is 3.21. The Balaban J connectivity index is 2.70. The van der Waals surface area contributed by atoms with E-state index in [0.717, 1.165) is 0 Å². The average molecular weight is 392 g/mol. The predicted molar refractivity (Wildman–Crippen MR) is 95.9 cm³/mol. The number of nitrogens with one attached hydrogen (secondary N) is 2. The van der Waals surface area contributed by atoms with Crippen LogP contribution in [0.3, 0.4) is 0 Å². The maximum absolute atomic E-state index is 11.5. The van der Waals surface area contributed by atoms with Gasteiger partial charge in [-0.25, -0.2) is 9.59 Å². The lowest BCUT2D eigenvalue weighted by molar-refractivity contribution is -0.138. The number of aromatic nitrogens is 2. The molecule has 0 aliphatic rings. The molecule has 2 heterocycles. The lowest BCUT2D eigenvalue weighted by atomic mass is 9.98. The molecule has 0 spiro atoms. The molecule has 10 heteroatoms. The van der Waals surface area contributed by atoms with Gasteiger partial charge in [0.2, 0.25) is 0 Å². The summed E-state index contributed by atoms with van der Waals surface area (Å²) in [6, 6.07) is 0. The zero-order chi connectivity index (χ0) is 21.2. The number of hydrogen-bond donors (Lipinski definition) is 6. The fraction of sp³-hybridized carbons (Fsp3) is 0.333. The van der Waals surface area contributed by atoms with Crippen LogP contribution in [0.1, 0.15) is 56.1 Å². The standard InChI is InChI=1S/C18H20N2O8/c1-7-9(3-5-11(21)22)15(19-13(7)17(25)26)16-10(4-6-12(23)24)8(2)14(20-16)18(27)28/h19-20H,3-6H2,1-2H3,(H,21,22)(H,23,24)(H,25,26)(H,27,28).